The van der Waals surface area contributed by atoms with Crippen molar-refractivity contribution in [2.24, 2.45) is 0 Å². The van der Waals surface area contributed by atoms with Crippen LogP contribution in [0.4, 0.5) is 0 Å². The van der Waals surface area contributed by atoms with E-state index >= 15 is 0 Å². The molecule has 146 valence electrons. The number of aryl methyl sites for hydroxylation is 2. The summed E-state index contributed by atoms with van der Waals surface area (Å²) in [5.41, 5.74) is 1.62. The van der Waals surface area contributed by atoms with Crippen molar-refractivity contribution in [1.29, 1.82) is 0 Å². The van der Waals surface area contributed by atoms with E-state index in [0.717, 1.165) is 12.1 Å². The highest BCUT2D eigenvalue weighted by Crippen LogP contribution is 2.13. The van der Waals surface area contributed by atoms with Gasteiger partial charge in [-0.05, 0) is 39.6 Å². The van der Waals surface area contributed by atoms with Gasteiger partial charge in [-0.1, -0.05) is 30.3 Å². The minimum absolute atomic E-state index is 0.0288. The SMILES string of the molecule is Cc1cc(C(=O)NCCC(=O)N(CCN(C)C)Cc2ccccc2)c(C)o1. The molecule has 0 saturated heterocycles. The summed E-state index contributed by atoms with van der Waals surface area (Å²) < 4.78 is 5.38. The first kappa shape index (κ1) is 20.7. The van der Waals surface area contributed by atoms with Crippen molar-refractivity contribution in [1.82, 2.24) is 15.1 Å². The van der Waals surface area contributed by atoms with E-state index in [1.54, 1.807) is 19.9 Å². The predicted molar refractivity (Wildman–Crippen MR) is 106 cm³/mol. The number of carbonyl (C=O) groups excluding carboxylic acids is 2. The lowest BCUT2D eigenvalue weighted by atomic mass is 10.2. The molecule has 27 heavy (non-hydrogen) atoms. The van der Waals surface area contributed by atoms with Gasteiger partial charge in [-0.15, -0.1) is 0 Å². The number of likely N-dealkylation sites (N-methyl/N-ethyl adjacent to an activating group) is 1. The van der Waals surface area contributed by atoms with E-state index in [9.17, 15) is 9.59 Å². The van der Waals surface area contributed by atoms with Crippen LogP contribution in [0, 0.1) is 13.8 Å². The number of benzene rings is 1. The summed E-state index contributed by atoms with van der Waals surface area (Å²) in [6.07, 6.45) is 0.266. The Morgan fingerprint density at radius 3 is 2.37 bits per heavy atom. The second-order valence-electron chi connectivity index (χ2n) is 6.94. The Balaban J connectivity index is 1.90. The zero-order valence-electron chi connectivity index (χ0n) is 16.6. The molecular weight excluding hydrogens is 342 g/mol. The fourth-order valence-corrected chi connectivity index (χ4v) is 2.81. The maximum Gasteiger partial charge on any atom is 0.254 e. The lowest BCUT2D eigenvalue weighted by Gasteiger charge is -2.24. The van der Waals surface area contributed by atoms with Crippen LogP contribution >= 0.6 is 0 Å². The summed E-state index contributed by atoms with van der Waals surface area (Å²) in [5.74, 6) is 1.11. The quantitative estimate of drug-likeness (QED) is 0.736. The maximum atomic E-state index is 12.7. The van der Waals surface area contributed by atoms with Crippen LogP contribution in [0.2, 0.25) is 0 Å². The number of nitrogens with one attached hydrogen (secondary N) is 1. The molecule has 0 saturated carbocycles. The summed E-state index contributed by atoms with van der Waals surface area (Å²) >= 11 is 0. The minimum atomic E-state index is -0.208. The van der Waals surface area contributed by atoms with Crippen LogP contribution in [0.3, 0.4) is 0 Å². The second kappa shape index (κ2) is 9.92. The Hall–Kier alpha value is -2.60. The largest absolute Gasteiger partial charge is 0.466 e. The zero-order chi connectivity index (χ0) is 19.8. The molecule has 2 amide bonds. The van der Waals surface area contributed by atoms with Crippen LogP contribution in [0.5, 0.6) is 0 Å². The van der Waals surface area contributed by atoms with Gasteiger partial charge in [-0.3, -0.25) is 9.59 Å². The molecule has 1 aromatic carbocycles. The predicted octanol–water partition coefficient (Wildman–Crippen LogP) is 2.61. The molecule has 0 spiro atoms. The molecule has 6 heteroatoms. The van der Waals surface area contributed by atoms with Gasteiger partial charge in [-0.2, -0.15) is 0 Å². The monoisotopic (exact) mass is 371 g/mol. The van der Waals surface area contributed by atoms with Gasteiger partial charge in [0.2, 0.25) is 5.91 Å². The average molecular weight is 371 g/mol. The smallest absolute Gasteiger partial charge is 0.254 e. The van der Waals surface area contributed by atoms with Gasteiger partial charge in [-0.25, -0.2) is 0 Å². The number of hydrogen-bond donors (Lipinski definition) is 1. The van der Waals surface area contributed by atoms with Crippen LogP contribution in [0.1, 0.15) is 33.9 Å². The third-order valence-electron chi connectivity index (χ3n) is 4.30. The van der Waals surface area contributed by atoms with E-state index in [0.29, 0.717) is 36.7 Å². The number of carbonyl (C=O) groups is 2. The first-order valence-corrected chi connectivity index (χ1v) is 9.18. The van der Waals surface area contributed by atoms with Gasteiger partial charge < -0.3 is 19.5 Å². The first-order chi connectivity index (χ1) is 12.9. The van der Waals surface area contributed by atoms with E-state index in [-0.39, 0.29) is 18.2 Å². The Morgan fingerprint density at radius 1 is 1.07 bits per heavy atom. The Kier molecular flexibility index (Phi) is 7.61. The van der Waals surface area contributed by atoms with Gasteiger partial charge in [0.15, 0.2) is 0 Å². The van der Waals surface area contributed by atoms with E-state index < -0.39 is 0 Å². The third kappa shape index (κ3) is 6.57. The maximum absolute atomic E-state index is 12.7. The Bertz CT molecular complexity index is 753. The number of furan rings is 1. The summed E-state index contributed by atoms with van der Waals surface area (Å²) in [5, 5.41) is 2.81. The normalized spacial score (nSPS) is 10.9. The molecule has 0 radical (unpaired) electrons. The van der Waals surface area contributed by atoms with Gasteiger partial charge in [0.1, 0.15) is 11.5 Å². The second-order valence-corrected chi connectivity index (χ2v) is 6.94. The van der Waals surface area contributed by atoms with E-state index in [2.05, 4.69) is 10.2 Å². The highest BCUT2D eigenvalue weighted by molar-refractivity contribution is 5.95. The summed E-state index contributed by atoms with van der Waals surface area (Å²) in [6, 6.07) is 11.7. The molecule has 0 atom stereocenters. The van der Waals surface area contributed by atoms with Crippen LogP contribution in [0.15, 0.2) is 40.8 Å². The molecule has 0 bridgehead atoms. The standard InChI is InChI=1S/C21H29N3O3/c1-16-14-19(17(2)27-16)21(26)22-11-10-20(25)24(13-12-23(3)4)15-18-8-6-5-7-9-18/h5-9,14H,10-13,15H2,1-4H3,(H,22,26). The molecule has 1 heterocycles. The molecule has 6 nitrogen and oxygen atoms in total. The third-order valence-corrected chi connectivity index (χ3v) is 4.30. The molecule has 0 aliphatic rings. The van der Waals surface area contributed by atoms with E-state index in [4.69, 9.17) is 4.42 Å². The molecule has 0 unspecified atom stereocenters. The van der Waals surface area contributed by atoms with Gasteiger partial charge >= 0.3 is 0 Å². The van der Waals surface area contributed by atoms with E-state index in [1.165, 1.54) is 0 Å². The fraction of sp³-hybridized carbons (Fsp3) is 0.429. The van der Waals surface area contributed by atoms with E-state index in [1.807, 2.05) is 49.3 Å². The fourth-order valence-electron chi connectivity index (χ4n) is 2.81. The van der Waals surface area contributed by atoms with Crippen LogP contribution in [0.25, 0.3) is 0 Å². The van der Waals surface area contributed by atoms with Crippen molar-refractivity contribution in [2.75, 3.05) is 33.7 Å². The number of nitrogens with zero attached hydrogens (tertiary/aromatic N) is 2. The molecule has 0 aliphatic heterocycles. The molecule has 2 aromatic rings. The van der Waals surface area contributed by atoms with Gasteiger partial charge in [0, 0.05) is 32.6 Å². The van der Waals surface area contributed by atoms with Gasteiger partial charge in [0.25, 0.3) is 5.91 Å². The molecule has 0 aliphatic carbocycles. The highest BCUT2D eigenvalue weighted by Gasteiger charge is 2.16. The minimum Gasteiger partial charge on any atom is -0.466 e. The van der Waals surface area contributed by atoms with Crippen LogP contribution < -0.4 is 5.32 Å². The lowest BCUT2D eigenvalue weighted by Crippen LogP contribution is -2.38. The number of rotatable bonds is 9. The van der Waals surface area contributed by atoms with Crippen molar-refractivity contribution in [2.45, 2.75) is 26.8 Å². The Morgan fingerprint density at radius 2 is 1.78 bits per heavy atom. The van der Waals surface area contributed by atoms with Crippen molar-refractivity contribution in [3.63, 3.8) is 0 Å². The zero-order valence-corrected chi connectivity index (χ0v) is 16.6. The topological polar surface area (TPSA) is 65.8 Å². The highest BCUT2D eigenvalue weighted by atomic mass is 16.3. The lowest BCUT2D eigenvalue weighted by molar-refractivity contribution is -0.131. The van der Waals surface area contributed by atoms with Crippen molar-refractivity contribution < 1.29 is 14.0 Å². The van der Waals surface area contributed by atoms with Crippen LogP contribution in [-0.2, 0) is 11.3 Å². The summed E-state index contributed by atoms with van der Waals surface area (Å²) in [6.45, 7) is 5.87. The van der Waals surface area contributed by atoms with Crippen molar-refractivity contribution in [3.8, 4) is 0 Å². The Labute approximate surface area is 161 Å². The molecule has 1 N–H and O–H groups in total. The molecule has 2 rings (SSSR count). The summed E-state index contributed by atoms with van der Waals surface area (Å²) in [7, 11) is 3.97. The summed E-state index contributed by atoms with van der Waals surface area (Å²) in [4.78, 5) is 28.8. The number of amides is 2. The number of hydrogen-bond acceptors (Lipinski definition) is 4. The average Bonchev–Trinajstić information content (AvgIpc) is 2.97. The molecule has 0 fully saturated rings. The van der Waals surface area contributed by atoms with Crippen molar-refractivity contribution in [3.05, 3.63) is 59.0 Å². The molecule has 1 aromatic heterocycles. The molecular formula is C21H29N3O3. The van der Waals surface area contributed by atoms with Gasteiger partial charge in [0.05, 0.1) is 5.56 Å². The van der Waals surface area contributed by atoms with Crippen LogP contribution in [-0.4, -0.2) is 55.3 Å². The van der Waals surface area contributed by atoms with Crippen molar-refractivity contribution >= 4 is 11.8 Å². The first-order valence-electron chi connectivity index (χ1n) is 9.18.